The number of anilines is 1. The normalized spacial score (nSPS) is 15.6. The molecule has 0 spiro atoms. The molecule has 0 aliphatic carbocycles. The van der Waals surface area contributed by atoms with Crippen LogP contribution in [-0.2, 0) is 13.1 Å². The summed E-state index contributed by atoms with van der Waals surface area (Å²) in [4.78, 5) is 28.6. The van der Waals surface area contributed by atoms with E-state index in [1.54, 1.807) is 29.0 Å². The number of carbonyl (C=O) groups excluding carboxylic acids is 1. The largest absolute Gasteiger partial charge is 0.412 e. The van der Waals surface area contributed by atoms with Crippen molar-refractivity contribution in [2.75, 3.05) is 18.4 Å². The van der Waals surface area contributed by atoms with Gasteiger partial charge < -0.3 is 20.4 Å². The van der Waals surface area contributed by atoms with E-state index in [-0.39, 0.29) is 11.9 Å². The third kappa shape index (κ3) is 5.42. The van der Waals surface area contributed by atoms with Gasteiger partial charge in [-0.1, -0.05) is 18.2 Å². The lowest BCUT2D eigenvalue weighted by Gasteiger charge is -2.32. The number of nitrogens with one attached hydrogen (secondary N) is 2. The summed E-state index contributed by atoms with van der Waals surface area (Å²) in [5.41, 5.74) is 3.72. The molecule has 1 saturated heterocycles. The fourth-order valence-corrected chi connectivity index (χ4v) is 4.71. The molecule has 1 aromatic carbocycles. The predicted molar refractivity (Wildman–Crippen MR) is 139 cm³/mol. The Morgan fingerprint density at radius 3 is 2.81 bits per heavy atom. The van der Waals surface area contributed by atoms with E-state index in [9.17, 15) is 4.79 Å². The van der Waals surface area contributed by atoms with Crippen LogP contribution in [0.1, 0.15) is 35.6 Å². The van der Waals surface area contributed by atoms with E-state index < -0.39 is 0 Å². The lowest BCUT2D eigenvalue weighted by Crippen LogP contribution is -2.44. The monoisotopic (exact) mass is 550 g/mol. The Balaban J connectivity index is 1.29. The van der Waals surface area contributed by atoms with E-state index in [0.717, 1.165) is 45.6 Å². The molecule has 1 unspecified atom stereocenters. The summed E-state index contributed by atoms with van der Waals surface area (Å²) >= 11 is 3.57. The van der Waals surface area contributed by atoms with Gasteiger partial charge in [-0.25, -0.2) is 9.78 Å². The standard InChI is InChI=1S/C25H27BrN8O2/c26-21-15-31-34-23(29-14-18-3-1-9-28-12-18)11-22(32-24(21)34)19-4-2-10-33(16-19)25(35)30-13-17-5-7-20(36-27)8-6-17/h1,3,5-9,11-12,15,19,29H,2,4,10,13-14,16,27H2,(H,30,35). The zero-order valence-electron chi connectivity index (χ0n) is 19.6. The highest BCUT2D eigenvalue weighted by Gasteiger charge is 2.27. The highest BCUT2D eigenvalue weighted by Crippen LogP contribution is 2.30. The number of benzene rings is 1. The molecule has 0 saturated carbocycles. The number of aromatic nitrogens is 4. The van der Waals surface area contributed by atoms with Crippen LogP contribution in [-0.4, -0.2) is 43.6 Å². The SMILES string of the molecule is NOc1ccc(CNC(=O)N2CCCC(c3cc(NCc4cccnc4)n4ncc(Br)c4n3)C2)cc1. The lowest BCUT2D eigenvalue weighted by atomic mass is 9.94. The topological polar surface area (TPSA) is 123 Å². The number of carbonyl (C=O) groups is 1. The van der Waals surface area contributed by atoms with Crippen LogP contribution in [0.2, 0.25) is 0 Å². The van der Waals surface area contributed by atoms with Crippen LogP contribution < -0.4 is 21.4 Å². The van der Waals surface area contributed by atoms with E-state index in [0.29, 0.717) is 31.9 Å². The minimum absolute atomic E-state index is 0.0830. The highest BCUT2D eigenvalue weighted by atomic mass is 79.9. The van der Waals surface area contributed by atoms with Gasteiger partial charge in [-0.2, -0.15) is 15.5 Å². The molecule has 4 aromatic rings. The molecular formula is C25H27BrN8O2. The first kappa shape index (κ1) is 24.0. The van der Waals surface area contributed by atoms with Crippen LogP contribution in [0, 0.1) is 0 Å². The molecule has 1 aliphatic heterocycles. The van der Waals surface area contributed by atoms with Gasteiger partial charge in [-0.15, -0.1) is 0 Å². The summed E-state index contributed by atoms with van der Waals surface area (Å²) in [5.74, 6) is 6.71. The molecule has 11 heteroatoms. The predicted octanol–water partition coefficient (Wildman–Crippen LogP) is 3.84. The third-order valence-electron chi connectivity index (χ3n) is 6.28. The average Bonchev–Trinajstić information content (AvgIpc) is 3.31. The summed E-state index contributed by atoms with van der Waals surface area (Å²) in [6.45, 7) is 2.36. The molecule has 0 radical (unpaired) electrons. The van der Waals surface area contributed by atoms with Crippen molar-refractivity contribution in [1.29, 1.82) is 0 Å². The molecule has 1 atom stereocenters. The van der Waals surface area contributed by atoms with Gasteiger partial charge in [0.15, 0.2) is 5.65 Å². The Labute approximate surface area is 217 Å². The van der Waals surface area contributed by atoms with Gasteiger partial charge in [0.25, 0.3) is 0 Å². The van der Waals surface area contributed by atoms with E-state index in [1.807, 2.05) is 41.4 Å². The summed E-state index contributed by atoms with van der Waals surface area (Å²) < 4.78 is 2.61. The number of fused-ring (bicyclic) bond motifs is 1. The minimum atomic E-state index is -0.0830. The van der Waals surface area contributed by atoms with E-state index >= 15 is 0 Å². The number of hydrogen-bond acceptors (Lipinski definition) is 7. The van der Waals surface area contributed by atoms with Gasteiger partial charge in [0.05, 0.1) is 16.4 Å². The number of likely N-dealkylation sites (tertiary alicyclic amines) is 1. The van der Waals surface area contributed by atoms with Crippen molar-refractivity contribution in [2.45, 2.75) is 31.8 Å². The Kier molecular flexibility index (Phi) is 7.28. The van der Waals surface area contributed by atoms with Crippen molar-refractivity contribution >= 4 is 33.4 Å². The maximum absolute atomic E-state index is 12.9. The van der Waals surface area contributed by atoms with Crippen molar-refractivity contribution in [3.63, 3.8) is 0 Å². The number of amides is 2. The molecule has 0 bridgehead atoms. The smallest absolute Gasteiger partial charge is 0.317 e. The third-order valence-corrected chi connectivity index (χ3v) is 6.83. The quantitative estimate of drug-likeness (QED) is 0.299. The molecule has 2 amide bonds. The molecule has 1 aliphatic rings. The molecule has 36 heavy (non-hydrogen) atoms. The second-order valence-corrected chi connectivity index (χ2v) is 9.57. The fourth-order valence-electron chi connectivity index (χ4n) is 4.36. The summed E-state index contributed by atoms with van der Waals surface area (Å²) in [6, 6.07) is 13.2. The number of pyridine rings is 1. The van der Waals surface area contributed by atoms with E-state index in [1.165, 1.54) is 0 Å². The van der Waals surface area contributed by atoms with E-state index in [4.69, 9.17) is 15.7 Å². The Morgan fingerprint density at radius 2 is 2.03 bits per heavy atom. The van der Waals surface area contributed by atoms with Gasteiger partial charge in [0.2, 0.25) is 0 Å². The van der Waals surface area contributed by atoms with Crippen molar-refractivity contribution in [3.05, 3.63) is 82.3 Å². The van der Waals surface area contributed by atoms with Crippen LogP contribution in [0.25, 0.3) is 5.65 Å². The number of urea groups is 1. The first-order chi connectivity index (χ1) is 17.6. The maximum atomic E-state index is 12.9. The summed E-state index contributed by atoms with van der Waals surface area (Å²) in [6.07, 6.45) is 7.21. The first-order valence-electron chi connectivity index (χ1n) is 11.8. The van der Waals surface area contributed by atoms with E-state index in [2.05, 4.69) is 36.6 Å². The van der Waals surface area contributed by atoms with Gasteiger partial charge >= 0.3 is 6.03 Å². The maximum Gasteiger partial charge on any atom is 0.317 e. The van der Waals surface area contributed by atoms with Gasteiger partial charge in [-0.05, 0) is 58.1 Å². The van der Waals surface area contributed by atoms with Gasteiger partial charge in [-0.3, -0.25) is 4.98 Å². The van der Waals surface area contributed by atoms with Crippen LogP contribution in [0.3, 0.4) is 0 Å². The van der Waals surface area contributed by atoms with Crippen LogP contribution in [0.5, 0.6) is 5.75 Å². The van der Waals surface area contributed by atoms with Gasteiger partial charge in [0.1, 0.15) is 11.6 Å². The first-order valence-corrected chi connectivity index (χ1v) is 12.6. The molecule has 3 aromatic heterocycles. The molecular weight excluding hydrogens is 524 g/mol. The number of halogens is 1. The number of nitrogens with zero attached hydrogens (tertiary/aromatic N) is 5. The zero-order valence-corrected chi connectivity index (χ0v) is 21.2. The number of piperidine rings is 1. The number of rotatable bonds is 7. The highest BCUT2D eigenvalue weighted by molar-refractivity contribution is 9.10. The Morgan fingerprint density at radius 1 is 1.17 bits per heavy atom. The molecule has 10 nitrogen and oxygen atoms in total. The summed E-state index contributed by atoms with van der Waals surface area (Å²) in [5, 5.41) is 10.9. The molecule has 186 valence electrons. The van der Waals surface area contributed by atoms with Gasteiger partial charge in [0, 0.05) is 50.6 Å². The Hall–Kier alpha value is -3.70. The van der Waals surface area contributed by atoms with Crippen LogP contribution in [0.4, 0.5) is 10.6 Å². The second kappa shape index (κ2) is 10.9. The van der Waals surface area contributed by atoms with Crippen molar-refractivity contribution in [3.8, 4) is 5.75 Å². The van der Waals surface area contributed by atoms with Crippen molar-refractivity contribution in [2.24, 2.45) is 5.90 Å². The van der Waals surface area contributed by atoms with Crippen molar-refractivity contribution in [1.82, 2.24) is 29.8 Å². The zero-order chi connectivity index (χ0) is 24.9. The number of hydrogen-bond donors (Lipinski definition) is 3. The molecule has 4 heterocycles. The summed E-state index contributed by atoms with van der Waals surface area (Å²) in [7, 11) is 0. The second-order valence-electron chi connectivity index (χ2n) is 8.71. The van der Waals surface area contributed by atoms with Crippen molar-refractivity contribution < 1.29 is 9.63 Å². The Bertz CT molecular complexity index is 1330. The molecule has 4 N–H and O–H groups in total. The lowest BCUT2D eigenvalue weighted by molar-refractivity contribution is 0.178. The average molecular weight is 551 g/mol. The molecule has 5 rings (SSSR count). The van der Waals surface area contributed by atoms with Crippen LogP contribution >= 0.6 is 15.9 Å². The minimum Gasteiger partial charge on any atom is -0.412 e. The fraction of sp³-hybridized carbons (Fsp3) is 0.280. The van der Waals surface area contributed by atoms with Crippen LogP contribution in [0.15, 0.2) is 65.5 Å². The number of nitrogens with two attached hydrogens (primary N) is 1. The molecule has 1 fully saturated rings.